The molecule has 19 heavy (non-hydrogen) atoms. The number of rotatable bonds is 2. The molecule has 2 aromatic rings. The smallest absolute Gasteiger partial charge is 0.130 e. The molecule has 0 spiro atoms. The minimum atomic E-state index is -0.596. The van der Waals surface area contributed by atoms with E-state index in [0.29, 0.717) is 16.1 Å². The van der Waals surface area contributed by atoms with Crippen LogP contribution in [0.4, 0.5) is 8.78 Å². The molecule has 0 saturated carbocycles. The summed E-state index contributed by atoms with van der Waals surface area (Å²) in [6, 6.07) is 7.72. The van der Waals surface area contributed by atoms with Crippen LogP contribution in [0.5, 0.6) is 0 Å². The van der Waals surface area contributed by atoms with Crippen molar-refractivity contribution in [3.8, 4) is 0 Å². The first-order valence-corrected chi connectivity index (χ1v) is 7.53. The van der Waals surface area contributed by atoms with Crippen molar-refractivity contribution in [3.63, 3.8) is 0 Å². The Labute approximate surface area is 132 Å². The molecule has 0 amide bonds. The Kier molecular flexibility index (Phi) is 4.64. The fourth-order valence-corrected chi connectivity index (χ4v) is 3.22. The molecule has 0 aliphatic heterocycles. The van der Waals surface area contributed by atoms with Crippen molar-refractivity contribution in [2.75, 3.05) is 0 Å². The summed E-state index contributed by atoms with van der Waals surface area (Å²) in [5, 5.41) is 0.520. The average molecular weight is 410 g/mol. The van der Waals surface area contributed by atoms with E-state index in [2.05, 4.69) is 31.9 Å². The highest BCUT2D eigenvalue weighted by molar-refractivity contribution is 9.10. The molecule has 0 bridgehead atoms. The van der Waals surface area contributed by atoms with Gasteiger partial charge in [0.1, 0.15) is 11.6 Å². The van der Waals surface area contributed by atoms with Gasteiger partial charge in [0, 0.05) is 21.1 Å². The Balaban J connectivity index is 2.52. The minimum Gasteiger partial charge on any atom is -0.207 e. The van der Waals surface area contributed by atoms with Crippen LogP contribution >= 0.6 is 43.5 Å². The molecule has 0 heterocycles. The van der Waals surface area contributed by atoms with Gasteiger partial charge in [-0.3, -0.25) is 0 Å². The van der Waals surface area contributed by atoms with Gasteiger partial charge in [0.15, 0.2) is 0 Å². The zero-order chi connectivity index (χ0) is 14.2. The van der Waals surface area contributed by atoms with Crippen molar-refractivity contribution in [2.24, 2.45) is 0 Å². The lowest BCUT2D eigenvalue weighted by Crippen LogP contribution is -2.00. The quantitative estimate of drug-likeness (QED) is 0.519. The summed E-state index contributed by atoms with van der Waals surface area (Å²) in [5.74, 6) is -1.15. The number of hydrogen-bond donors (Lipinski definition) is 0. The normalized spacial score (nSPS) is 12.5. The predicted octanol–water partition coefficient (Wildman–Crippen LogP) is 6.17. The molecule has 0 aliphatic rings. The first-order valence-electron chi connectivity index (χ1n) is 5.44. The fraction of sp³-hybridized carbons (Fsp3) is 0.143. The topological polar surface area (TPSA) is 0 Å². The molecule has 0 saturated heterocycles. The van der Waals surface area contributed by atoms with Gasteiger partial charge >= 0.3 is 0 Å². The fourth-order valence-electron chi connectivity index (χ4n) is 1.75. The van der Waals surface area contributed by atoms with Crippen molar-refractivity contribution < 1.29 is 8.78 Å². The van der Waals surface area contributed by atoms with Gasteiger partial charge in [-0.15, -0.1) is 0 Å². The zero-order valence-corrected chi connectivity index (χ0v) is 13.8. The van der Waals surface area contributed by atoms with Crippen LogP contribution < -0.4 is 0 Å². The molecule has 0 fully saturated rings. The van der Waals surface area contributed by atoms with E-state index in [0.717, 1.165) is 16.1 Å². The molecule has 0 N–H and O–H groups in total. The lowest BCUT2D eigenvalue weighted by Gasteiger charge is -2.15. The minimum absolute atomic E-state index is 0.360. The van der Waals surface area contributed by atoms with Crippen molar-refractivity contribution in [1.29, 1.82) is 0 Å². The molecular formula is C14H9Br2ClF2. The lowest BCUT2D eigenvalue weighted by atomic mass is 10.0. The largest absolute Gasteiger partial charge is 0.207 e. The highest BCUT2D eigenvalue weighted by atomic mass is 79.9. The maximum Gasteiger partial charge on any atom is 0.130 e. The first kappa shape index (κ1) is 14.9. The zero-order valence-electron chi connectivity index (χ0n) is 9.85. The van der Waals surface area contributed by atoms with Gasteiger partial charge in [0.2, 0.25) is 0 Å². The second kappa shape index (κ2) is 5.90. The van der Waals surface area contributed by atoms with E-state index in [1.54, 1.807) is 25.1 Å². The SMILES string of the molecule is Cc1cc(C(Br)c2cc(Br)ccc2Cl)c(F)cc1F. The van der Waals surface area contributed by atoms with E-state index in [4.69, 9.17) is 11.6 Å². The highest BCUT2D eigenvalue weighted by Crippen LogP contribution is 2.38. The molecule has 0 aliphatic carbocycles. The van der Waals surface area contributed by atoms with Crippen LogP contribution in [0.3, 0.4) is 0 Å². The van der Waals surface area contributed by atoms with E-state index < -0.39 is 16.5 Å². The van der Waals surface area contributed by atoms with Gasteiger partial charge in [-0.05, 0) is 42.3 Å². The molecule has 100 valence electrons. The molecule has 5 heteroatoms. The molecule has 2 aromatic carbocycles. The summed E-state index contributed by atoms with van der Waals surface area (Å²) < 4.78 is 28.0. The third kappa shape index (κ3) is 3.18. The maximum atomic E-state index is 13.9. The van der Waals surface area contributed by atoms with Crippen LogP contribution in [0.1, 0.15) is 21.5 Å². The lowest BCUT2D eigenvalue weighted by molar-refractivity contribution is 0.569. The second-order valence-electron chi connectivity index (χ2n) is 4.15. The molecule has 0 nitrogen and oxygen atoms in total. The van der Waals surface area contributed by atoms with Crippen LogP contribution in [-0.4, -0.2) is 0 Å². The standard InChI is InChI=1S/C14H9Br2ClF2/c1-7-4-10(13(19)6-12(7)18)14(16)9-5-8(15)2-3-11(9)17/h2-6,14H,1H3. The summed E-state index contributed by atoms with van der Waals surface area (Å²) in [5.41, 5.74) is 1.48. The number of alkyl halides is 1. The van der Waals surface area contributed by atoms with Gasteiger partial charge in [-0.2, -0.15) is 0 Å². The van der Waals surface area contributed by atoms with Crippen molar-refractivity contribution in [3.05, 3.63) is 68.2 Å². The number of halogens is 5. The number of aryl methyl sites for hydroxylation is 1. The van der Waals surface area contributed by atoms with E-state index in [1.165, 1.54) is 6.07 Å². The average Bonchev–Trinajstić information content (AvgIpc) is 2.36. The summed E-state index contributed by atoms with van der Waals surface area (Å²) in [7, 11) is 0. The Hall–Kier alpha value is -0.450. The van der Waals surface area contributed by atoms with Gasteiger partial charge < -0.3 is 0 Å². The second-order valence-corrected chi connectivity index (χ2v) is 6.39. The number of hydrogen-bond acceptors (Lipinski definition) is 0. The van der Waals surface area contributed by atoms with E-state index in [1.807, 2.05) is 0 Å². The van der Waals surface area contributed by atoms with Crippen molar-refractivity contribution in [2.45, 2.75) is 11.8 Å². The summed E-state index contributed by atoms with van der Waals surface area (Å²) in [6.07, 6.45) is 0. The Morgan fingerprint density at radius 2 is 1.74 bits per heavy atom. The van der Waals surface area contributed by atoms with Gasteiger partial charge in [0.25, 0.3) is 0 Å². The van der Waals surface area contributed by atoms with Crippen LogP contribution in [0.25, 0.3) is 0 Å². The first-order chi connectivity index (χ1) is 8.90. The highest BCUT2D eigenvalue weighted by Gasteiger charge is 2.19. The molecule has 2 rings (SSSR count). The third-order valence-corrected chi connectivity index (χ3v) is 4.61. The van der Waals surface area contributed by atoms with E-state index in [9.17, 15) is 8.78 Å². The van der Waals surface area contributed by atoms with Crippen molar-refractivity contribution >= 4 is 43.5 Å². The summed E-state index contributed by atoms with van der Waals surface area (Å²) in [6.45, 7) is 1.60. The Morgan fingerprint density at radius 3 is 2.42 bits per heavy atom. The summed E-state index contributed by atoms with van der Waals surface area (Å²) >= 11 is 12.9. The Bertz CT molecular complexity index is 629. The van der Waals surface area contributed by atoms with E-state index in [-0.39, 0.29) is 0 Å². The Morgan fingerprint density at radius 1 is 1.05 bits per heavy atom. The maximum absolute atomic E-state index is 13.9. The van der Waals surface area contributed by atoms with Gasteiger partial charge in [0.05, 0.1) is 4.83 Å². The predicted molar refractivity (Wildman–Crippen MR) is 81.0 cm³/mol. The molecule has 0 aromatic heterocycles. The third-order valence-electron chi connectivity index (χ3n) is 2.78. The van der Waals surface area contributed by atoms with E-state index >= 15 is 0 Å². The summed E-state index contributed by atoms with van der Waals surface area (Å²) in [4.78, 5) is -0.434. The van der Waals surface area contributed by atoms with Crippen molar-refractivity contribution in [1.82, 2.24) is 0 Å². The van der Waals surface area contributed by atoms with Crippen LogP contribution in [0.2, 0.25) is 5.02 Å². The molecule has 1 unspecified atom stereocenters. The molecule has 0 radical (unpaired) electrons. The van der Waals surface area contributed by atoms with Crippen LogP contribution in [-0.2, 0) is 0 Å². The van der Waals surface area contributed by atoms with Crippen LogP contribution in [0.15, 0.2) is 34.8 Å². The van der Waals surface area contributed by atoms with Gasteiger partial charge in [-0.1, -0.05) is 43.5 Å². The van der Waals surface area contributed by atoms with Gasteiger partial charge in [-0.25, -0.2) is 8.78 Å². The molecular weight excluding hydrogens is 401 g/mol. The monoisotopic (exact) mass is 408 g/mol. The molecule has 1 atom stereocenters. The number of benzene rings is 2. The van der Waals surface area contributed by atoms with Crippen LogP contribution in [0, 0.1) is 18.6 Å².